The number of amides is 1. The molecule has 7 heteroatoms. The number of carbonyl (C=O) groups excluding carboxylic acids is 1. The van der Waals surface area contributed by atoms with Crippen LogP contribution in [0.2, 0.25) is 10.0 Å². The standard InChI is InChI=1S/C17H19Cl2N3OS/c1-11-12(2)24-16(20-11)10-21-5-7-22(8-6-21)17(23)14-4-3-13(18)9-15(14)19/h3-4,9H,5-8,10H2,1-2H3. The number of hydrogen-bond acceptors (Lipinski definition) is 4. The van der Waals surface area contributed by atoms with Gasteiger partial charge in [-0.3, -0.25) is 9.69 Å². The predicted octanol–water partition coefficient (Wildman–Crippen LogP) is 4.02. The molecule has 24 heavy (non-hydrogen) atoms. The number of halogens is 2. The molecule has 1 aliphatic rings. The molecule has 1 aromatic carbocycles. The van der Waals surface area contributed by atoms with Gasteiger partial charge in [-0.2, -0.15) is 0 Å². The molecule has 0 N–H and O–H groups in total. The molecule has 1 aromatic heterocycles. The van der Waals surface area contributed by atoms with Gasteiger partial charge in [0.2, 0.25) is 0 Å². The fourth-order valence-corrected chi connectivity index (χ4v) is 4.21. The Bertz CT molecular complexity index is 735. The molecule has 2 heterocycles. The highest BCUT2D eigenvalue weighted by atomic mass is 35.5. The number of thiazole rings is 1. The molecule has 0 unspecified atom stereocenters. The molecule has 0 aliphatic carbocycles. The maximum atomic E-state index is 12.6. The number of benzene rings is 1. The normalized spacial score (nSPS) is 15.8. The van der Waals surface area contributed by atoms with Crippen molar-refractivity contribution < 1.29 is 4.79 Å². The van der Waals surface area contributed by atoms with E-state index in [9.17, 15) is 4.79 Å². The van der Waals surface area contributed by atoms with Crippen LogP contribution in [0, 0.1) is 13.8 Å². The Hall–Kier alpha value is -1.14. The summed E-state index contributed by atoms with van der Waals surface area (Å²) in [7, 11) is 0. The topological polar surface area (TPSA) is 36.4 Å². The summed E-state index contributed by atoms with van der Waals surface area (Å²) < 4.78 is 0. The average Bonchev–Trinajstić information content (AvgIpc) is 2.85. The van der Waals surface area contributed by atoms with Gasteiger partial charge >= 0.3 is 0 Å². The first-order valence-corrected chi connectivity index (χ1v) is 9.41. The maximum absolute atomic E-state index is 12.6. The van der Waals surface area contributed by atoms with Gasteiger partial charge in [-0.05, 0) is 32.0 Å². The first-order chi connectivity index (χ1) is 11.4. The van der Waals surface area contributed by atoms with E-state index in [4.69, 9.17) is 23.2 Å². The molecule has 1 saturated heterocycles. The van der Waals surface area contributed by atoms with E-state index in [1.54, 1.807) is 29.5 Å². The lowest BCUT2D eigenvalue weighted by Gasteiger charge is -2.34. The molecule has 1 aliphatic heterocycles. The number of aryl methyl sites for hydroxylation is 2. The van der Waals surface area contributed by atoms with E-state index in [0.29, 0.717) is 28.7 Å². The van der Waals surface area contributed by atoms with E-state index in [0.717, 1.165) is 30.3 Å². The van der Waals surface area contributed by atoms with Crippen molar-refractivity contribution in [3.8, 4) is 0 Å². The van der Waals surface area contributed by atoms with Crippen LogP contribution in [-0.4, -0.2) is 46.9 Å². The van der Waals surface area contributed by atoms with Gasteiger partial charge in [-0.1, -0.05) is 23.2 Å². The van der Waals surface area contributed by atoms with E-state index in [2.05, 4.69) is 16.8 Å². The maximum Gasteiger partial charge on any atom is 0.255 e. The van der Waals surface area contributed by atoms with Crippen molar-refractivity contribution >= 4 is 40.4 Å². The summed E-state index contributed by atoms with van der Waals surface area (Å²) in [6.07, 6.45) is 0. The van der Waals surface area contributed by atoms with Crippen molar-refractivity contribution in [1.29, 1.82) is 0 Å². The average molecular weight is 384 g/mol. The molecule has 4 nitrogen and oxygen atoms in total. The summed E-state index contributed by atoms with van der Waals surface area (Å²) in [6, 6.07) is 5.00. The third kappa shape index (κ3) is 3.91. The second kappa shape index (κ2) is 7.40. The lowest BCUT2D eigenvalue weighted by Crippen LogP contribution is -2.48. The first-order valence-electron chi connectivity index (χ1n) is 7.83. The number of aromatic nitrogens is 1. The van der Waals surface area contributed by atoms with Crippen LogP contribution in [0.25, 0.3) is 0 Å². The summed E-state index contributed by atoms with van der Waals surface area (Å²) >= 11 is 13.8. The summed E-state index contributed by atoms with van der Waals surface area (Å²) in [4.78, 5) is 22.7. The Morgan fingerprint density at radius 1 is 1.21 bits per heavy atom. The molecule has 1 amide bonds. The van der Waals surface area contributed by atoms with E-state index in [1.807, 2.05) is 11.8 Å². The fraction of sp³-hybridized carbons (Fsp3) is 0.412. The van der Waals surface area contributed by atoms with Crippen LogP contribution in [0.1, 0.15) is 25.9 Å². The van der Waals surface area contributed by atoms with Crippen LogP contribution in [-0.2, 0) is 6.54 Å². The lowest BCUT2D eigenvalue weighted by atomic mass is 10.2. The van der Waals surface area contributed by atoms with E-state index in [1.165, 1.54) is 4.88 Å². The molecule has 128 valence electrons. The smallest absolute Gasteiger partial charge is 0.255 e. The lowest BCUT2D eigenvalue weighted by molar-refractivity contribution is 0.0628. The Morgan fingerprint density at radius 2 is 1.92 bits per heavy atom. The van der Waals surface area contributed by atoms with E-state index < -0.39 is 0 Å². The largest absolute Gasteiger partial charge is 0.336 e. The van der Waals surface area contributed by atoms with Crippen molar-refractivity contribution in [1.82, 2.24) is 14.8 Å². The quantitative estimate of drug-likeness (QED) is 0.802. The van der Waals surface area contributed by atoms with Crippen LogP contribution in [0.15, 0.2) is 18.2 Å². The first kappa shape index (κ1) is 17.7. The molecule has 0 atom stereocenters. The third-order valence-corrected chi connectivity index (χ3v) is 5.86. The second-order valence-corrected chi connectivity index (χ2v) is 8.07. The zero-order chi connectivity index (χ0) is 17.3. The Balaban J connectivity index is 1.59. The van der Waals surface area contributed by atoms with Gasteiger partial charge in [0.1, 0.15) is 5.01 Å². The van der Waals surface area contributed by atoms with Gasteiger partial charge in [0.05, 0.1) is 22.8 Å². The number of hydrogen-bond donors (Lipinski definition) is 0. The second-order valence-electron chi connectivity index (χ2n) is 5.94. The SMILES string of the molecule is Cc1nc(CN2CCN(C(=O)c3ccc(Cl)cc3Cl)CC2)sc1C. The van der Waals surface area contributed by atoms with Crippen LogP contribution in [0.3, 0.4) is 0 Å². The minimum Gasteiger partial charge on any atom is -0.336 e. The number of piperazine rings is 1. The highest BCUT2D eigenvalue weighted by molar-refractivity contribution is 7.11. The monoisotopic (exact) mass is 383 g/mol. The molecule has 1 fully saturated rings. The van der Waals surface area contributed by atoms with Gasteiger partial charge in [0, 0.05) is 36.1 Å². The zero-order valence-corrected chi connectivity index (χ0v) is 16.0. The molecule has 2 aromatic rings. The number of carbonyl (C=O) groups is 1. The van der Waals surface area contributed by atoms with Gasteiger partial charge < -0.3 is 4.90 Å². The Kier molecular flexibility index (Phi) is 5.45. The van der Waals surface area contributed by atoms with Crippen molar-refractivity contribution in [3.05, 3.63) is 49.4 Å². The Morgan fingerprint density at radius 3 is 2.50 bits per heavy atom. The number of rotatable bonds is 3. The molecule has 0 radical (unpaired) electrons. The van der Waals surface area contributed by atoms with Gasteiger partial charge in [-0.15, -0.1) is 11.3 Å². The fourth-order valence-electron chi connectivity index (χ4n) is 2.74. The summed E-state index contributed by atoms with van der Waals surface area (Å²) in [5.41, 5.74) is 1.63. The van der Waals surface area contributed by atoms with Crippen LogP contribution < -0.4 is 0 Å². The highest BCUT2D eigenvalue weighted by Gasteiger charge is 2.24. The molecular weight excluding hydrogens is 365 g/mol. The predicted molar refractivity (Wildman–Crippen MR) is 99.2 cm³/mol. The third-order valence-electron chi connectivity index (χ3n) is 4.25. The summed E-state index contributed by atoms with van der Waals surface area (Å²) in [6.45, 7) is 8.07. The van der Waals surface area contributed by atoms with E-state index in [-0.39, 0.29) is 5.91 Å². The molecule has 0 spiro atoms. The zero-order valence-electron chi connectivity index (χ0n) is 13.7. The summed E-state index contributed by atoms with van der Waals surface area (Å²) in [5.74, 6) is -0.0303. The van der Waals surface area contributed by atoms with Crippen LogP contribution in [0.4, 0.5) is 0 Å². The highest BCUT2D eigenvalue weighted by Crippen LogP contribution is 2.23. The Labute approximate surface area is 156 Å². The van der Waals surface area contributed by atoms with Crippen LogP contribution >= 0.6 is 34.5 Å². The van der Waals surface area contributed by atoms with Crippen molar-refractivity contribution in [2.45, 2.75) is 20.4 Å². The molecular formula is C17H19Cl2N3OS. The summed E-state index contributed by atoms with van der Waals surface area (Å²) in [5, 5.41) is 2.09. The molecule has 0 saturated carbocycles. The van der Waals surface area contributed by atoms with E-state index >= 15 is 0 Å². The van der Waals surface area contributed by atoms with Crippen molar-refractivity contribution in [2.24, 2.45) is 0 Å². The van der Waals surface area contributed by atoms with Gasteiger partial charge in [-0.25, -0.2) is 4.98 Å². The molecule has 3 rings (SSSR count). The number of nitrogens with zero attached hydrogens (tertiary/aromatic N) is 3. The van der Waals surface area contributed by atoms with Crippen molar-refractivity contribution in [3.63, 3.8) is 0 Å². The van der Waals surface area contributed by atoms with Gasteiger partial charge in [0.15, 0.2) is 0 Å². The minimum absolute atomic E-state index is 0.0303. The van der Waals surface area contributed by atoms with Gasteiger partial charge in [0.25, 0.3) is 5.91 Å². The molecule has 0 bridgehead atoms. The van der Waals surface area contributed by atoms with Crippen LogP contribution in [0.5, 0.6) is 0 Å². The minimum atomic E-state index is -0.0303. The van der Waals surface area contributed by atoms with Crippen molar-refractivity contribution in [2.75, 3.05) is 26.2 Å².